The smallest absolute Gasteiger partial charge is 0.131 e. The monoisotopic (exact) mass is 296 g/mol. The van der Waals surface area contributed by atoms with E-state index in [0.29, 0.717) is 24.9 Å². The molecule has 0 bridgehead atoms. The van der Waals surface area contributed by atoms with Gasteiger partial charge in [0, 0.05) is 37.9 Å². The van der Waals surface area contributed by atoms with Gasteiger partial charge in [0.2, 0.25) is 0 Å². The van der Waals surface area contributed by atoms with Gasteiger partial charge in [-0.3, -0.25) is 4.90 Å². The van der Waals surface area contributed by atoms with Crippen LogP contribution in [0.5, 0.6) is 5.75 Å². The quantitative estimate of drug-likeness (QED) is 0.783. The minimum absolute atomic E-state index is 0.198. The number of nitrogens with two attached hydrogens (primary N) is 1. The van der Waals surface area contributed by atoms with E-state index in [-0.39, 0.29) is 5.82 Å². The lowest BCUT2D eigenvalue weighted by atomic mass is 10.1. The molecular formula is C16H25FN2O2. The number of hydrogen-bond donors (Lipinski definition) is 1. The fourth-order valence-corrected chi connectivity index (χ4v) is 2.59. The normalized spacial score (nSPS) is 17.1. The van der Waals surface area contributed by atoms with E-state index >= 15 is 0 Å². The van der Waals surface area contributed by atoms with Crippen molar-refractivity contribution in [3.63, 3.8) is 0 Å². The van der Waals surface area contributed by atoms with Crippen LogP contribution in [0.3, 0.4) is 0 Å². The lowest BCUT2D eigenvalue weighted by molar-refractivity contribution is 0.00546. The number of halogens is 1. The first kappa shape index (κ1) is 16.2. The van der Waals surface area contributed by atoms with Crippen molar-refractivity contribution in [2.75, 3.05) is 33.4 Å². The van der Waals surface area contributed by atoms with Crippen molar-refractivity contribution in [2.45, 2.75) is 31.9 Å². The molecule has 2 rings (SSSR count). The first-order valence-corrected chi connectivity index (χ1v) is 7.59. The Labute approximate surface area is 126 Å². The van der Waals surface area contributed by atoms with Gasteiger partial charge in [-0.25, -0.2) is 4.39 Å². The fraction of sp³-hybridized carbons (Fsp3) is 0.625. The third kappa shape index (κ3) is 4.95. The molecule has 1 saturated heterocycles. The molecule has 0 radical (unpaired) electrons. The Morgan fingerprint density at radius 3 is 2.71 bits per heavy atom. The van der Waals surface area contributed by atoms with Crippen LogP contribution in [0.1, 0.15) is 24.8 Å². The van der Waals surface area contributed by atoms with Gasteiger partial charge in [-0.15, -0.1) is 0 Å². The Morgan fingerprint density at radius 1 is 1.33 bits per heavy atom. The van der Waals surface area contributed by atoms with Crippen LogP contribution in [0.4, 0.5) is 4.39 Å². The summed E-state index contributed by atoms with van der Waals surface area (Å²) in [5.41, 5.74) is 6.17. The molecule has 0 aliphatic carbocycles. The maximum Gasteiger partial charge on any atom is 0.131 e. The van der Waals surface area contributed by atoms with E-state index in [9.17, 15) is 4.39 Å². The lowest BCUT2D eigenvalue weighted by Gasteiger charge is -2.32. The van der Waals surface area contributed by atoms with Crippen LogP contribution in [0, 0.1) is 5.82 Å². The average molecular weight is 296 g/mol. The highest BCUT2D eigenvalue weighted by Gasteiger charge is 2.20. The van der Waals surface area contributed by atoms with Gasteiger partial charge in [-0.05, 0) is 31.9 Å². The molecule has 5 heteroatoms. The molecule has 0 aromatic heterocycles. The van der Waals surface area contributed by atoms with Gasteiger partial charge in [0.15, 0.2) is 0 Å². The zero-order valence-electron chi connectivity index (χ0n) is 12.7. The molecule has 1 aromatic rings. The van der Waals surface area contributed by atoms with Gasteiger partial charge in [0.05, 0.1) is 13.2 Å². The third-order valence-electron chi connectivity index (χ3n) is 3.89. The highest BCUT2D eigenvalue weighted by molar-refractivity contribution is 5.28. The zero-order valence-corrected chi connectivity index (χ0v) is 12.7. The molecule has 2 N–H and O–H groups in total. The van der Waals surface area contributed by atoms with E-state index in [4.69, 9.17) is 15.2 Å². The Kier molecular flexibility index (Phi) is 6.42. The summed E-state index contributed by atoms with van der Waals surface area (Å²) in [5.74, 6) is 0.360. The third-order valence-corrected chi connectivity index (χ3v) is 3.89. The Hall–Kier alpha value is -1.17. The van der Waals surface area contributed by atoms with E-state index in [1.165, 1.54) is 6.07 Å². The molecule has 21 heavy (non-hydrogen) atoms. The Bertz CT molecular complexity index is 434. The van der Waals surface area contributed by atoms with Crippen molar-refractivity contribution >= 4 is 0 Å². The summed E-state index contributed by atoms with van der Waals surface area (Å²) in [4.78, 5) is 2.27. The SMILES string of the molecule is COc1ccc(CN2CCC(OCCCN)CC2)c(F)c1. The average Bonchev–Trinajstić information content (AvgIpc) is 2.51. The molecular weight excluding hydrogens is 271 g/mol. The second kappa shape index (κ2) is 8.32. The van der Waals surface area contributed by atoms with Crippen LogP contribution in [0.15, 0.2) is 18.2 Å². The molecule has 0 unspecified atom stereocenters. The predicted octanol–water partition coefficient (Wildman–Crippen LogP) is 2.16. The second-order valence-electron chi connectivity index (χ2n) is 5.45. The van der Waals surface area contributed by atoms with Crippen molar-refractivity contribution < 1.29 is 13.9 Å². The van der Waals surface area contributed by atoms with Crippen LogP contribution < -0.4 is 10.5 Å². The number of benzene rings is 1. The van der Waals surface area contributed by atoms with Crippen LogP contribution in [-0.4, -0.2) is 44.4 Å². The summed E-state index contributed by atoms with van der Waals surface area (Å²) in [5, 5.41) is 0. The zero-order chi connectivity index (χ0) is 15.1. The Morgan fingerprint density at radius 2 is 2.10 bits per heavy atom. The van der Waals surface area contributed by atoms with E-state index in [0.717, 1.165) is 44.5 Å². The Balaban J connectivity index is 1.78. The molecule has 0 saturated carbocycles. The fourth-order valence-electron chi connectivity index (χ4n) is 2.59. The number of rotatable bonds is 7. The van der Waals surface area contributed by atoms with Crippen molar-refractivity contribution in [3.05, 3.63) is 29.6 Å². The lowest BCUT2D eigenvalue weighted by Crippen LogP contribution is -2.37. The maximum atomic E-state index is 13.9. The topological polar surface area (TPSA) is 47.7 Å². The molecule has 0 amide bonds. The van der Waals surface area contributed by atoms with Gasteiger partial charge in [0.1, 0.15) is 11.6 Å². The molecule has 1 aromatic carbocycles. The first-order valence-electron chi connectivity index (χ1n) is 7.59. The van der Waals surface area contributed by atoms with Gasteiger partial charge in [0.25, 0.3) is 0 Å². The van der Waals surface area contributed by atoms with Crippen molar-refractivity contribution in [3.8, 4) is 5.75 Å². The number of piperidine rings is 1. The first-order chi connectivity index (χ1) is 10.2. The number of nitrogens with zero attached hydrogens (tertiary/aromatic N) is 1. The van der Waals surface area contributed by atoms with Gasteiger partial charge < -0.3 is 15.2 Å². The molecule has 1 aliphatic heterocycles. The van der Waals surface area contributed by atoms with Gasteiger partial charge in [-0.2, -0.15) is 0 Å². The van der Waals surface area contributed by atoms with Gasteiger partial charge in [-0.1, -0.05) is 6.07 Å². The predicted molar refractivity (Wildman–Crippen MR) is 80.9 cm³/mol. The summed E-state index contributed by atoms with van der Waals surface area (Å²) in [7, 11) is 1.55. The minimum atomic E-state index is -0.198. The molecule has 4 nitrogen and oxygen atoms in total. The minimum Gasteiger partial charge on any atom is -0.497 e. The summed E-state index contributed by atoms with van der Waals surface area (Å²) >= 11 is 0. The summed E-state index contributed by atoms with van der Waals surface area (Å²) < 4.78 is 24.7. The molecule has 0 atom stereocenters. The summed E-state index contributed by atoms with van der Waals surface area (Å²) in [6, 6.07) is 5.05. The number of methoxy groups -OCH3 is 1. The number of ether oxygens (including phenoxy) is 2. The summed E-state index contributed by atoms with van der Waals surface area (Å²) in [6.07, 6.45) is 3.25. The molecule has 118 valence electrons. The molecule has 1 fully saturated rings. The van der Waals surface area contributed by atoms with Crippen LogP contribution in [-0.2, 0) is 11.3 Å². The largest absolute Gasteiger partial charge is 0.497 e. The number of hydrogen-bond acceptors (Lipinski definition) is 4. The van der Waals surface area contributed by atoms with Crippen molar-refractivity contribution in [1.82, 2.24) is 4.90 Å². The van der Waals surface area contributed by atoms with Gasteiger partial charge >= 0.3 is 0 Å². The van der Waals surface area contributed by atoms with E-state index in [1.54, 1.807) is 19.2 Å². The van der Waals surface area contributed by atoms with Crippen LogP contribution >= 0.6 is 0 Å². The van der Waals surface area contributed by atoms with E-state index in [2.05, 4.69) is 4.90 Å². The van der Waals surface area contributed by atoms with Crippen molar-refractivity contribution in [1.29, 1.82) is 0 Å². The maximum absolute atomic E-state index is 13.9. The number of likely N-dealkylation sites (tertiary alicyclic amines) is 1. The van der Waals surface area contributed by atoms with E-state index in [1.807, 2.05) is 0 Å². The van der Waals surface area contributed by atoms with Crippen molar-refractivity contribution in [2.24, 2.45) is 5.73 Å². The van der Waals surface area contributed by atoms with E-state index < -0.39 is 0 Å². The molecule has 1 heterocycles. The molecule has 1 aliphatic rings. The molecule has 0 spiro atoms. The highest BCUT2D eigenvalue weighted by atomic mass is 19.1. The van der Waals surface area contributed by atoms with Crippen LogP contribution in [0.2, 0.25) is 0 Å². The standard InChI is InChI=1S/C16H25FN2O2/c1-20-15-4-3-13(16(17)11-15)12-19-8-5-14(6-9-19)21-10-2-7-18/h3-4,11,14H,2,5-10,12,18H2,1H3. The second-order valence-corrected chi connectivity index (χ2v) is 5.45. The summed E-state index contributed by atoms with van der Waals surface area (Å²) in [6.45, 7) is 3.95. The van der Waals surface area contributed by atoms with Crippen LogP contribution in [0.25, 0.3) is 0 Å². The highest BCUT2D eigenvalue weighted by Crippen LogP contribution is 2.20.